The van der Waals surface area contributed by atoms with E-state index in [0.717, 1.165) is 21.4 Å². The van der Waals surface area contributed by atoms with E-state index in [2.05, 4.69) is 36.4 Å². The summed E-state index contributed by atoms with van der Waals surface area (Å²) in [7, 11) is 1.56. The second-order valence-electron chi connectivity index (χ2n) is 6.92. The van der Waals surface area contributed by atoms with Crippen LogP contribution in [0.1, 0.15) is 22.5 Å². The number of hydrogen-bond acceptors (Lipinski definition) is 7. The van der Waals surface area contributed by atoms with E-state index in [1.165, 1.54) is 18.0 Å². The number of hydrogen-bond donors (Lipinski definition) is 1. The molecule has 7 nitrogen and oxygen atoms in total. The van der Waals surface area contributed by atoms with Crippen LogP contribution >= 0.6 is 39.3 Å². The van der Waals surface area contributed by atoms with Crippen LogP contribution in [0.25, 0.3) is 0 Å². The number of aromatic nitrogens is 2. The standard InChI is InChI=1S/C23H22BrClN4O3S/c1-14-8-15(2)28-23(27-14)33-13-22(30)29-26-11-17-9-20(31-3)21(10-18(17)24)32-12-16-6-4-5-7-19(16)25/h4-11H,12-13H2,1-3H3,(H,29,30)/b26-11-. The Kier molecular flexibility index (Phi) is 9.11. The van der Waals surface area contributed by atoms with Crippen molar-refractivity contribution in [3.05, 3.63) is 74.5 Å². The second-order valence-corrected chi connectivity index (χ2v) is 9.12. The molecule has 0 aliphatic heterocycles. The van der Waals surface area contributed by atoms with E-state index in [-0.39, 0.29) is 11.7 Å². The number of methoxy groups -OCH3 is 1. The Hall–Kier alpha value is -2.62. The zero-order valence-electron chi connectivity index (χ0n) is 18.3. The predicted octanol–water partition coefficient (Wildman–Crippen LogP) is 5.34. The van der Waals surface area contributed by atoms with Crippen LogP contribution in [0, 0.1) is 13.8 Å². The summed E-state index contributed by atoms with van der Waals surface area (Å²) in [5.74, 6) is 0.970. The molecule has 0 saturated heterocycles. The number of nitrogens with zero attached hydrogens (tertiary/aromatic N) is 3. The molecule has 1 aromatic heterocycles. The summed E-state index contributed by atoms with van der Waals surface area (Å²) in [5, 5.41) is 5.24. The third-order valence-corrected chi connectivity index (χ3v) is 6.21. The van der Waals surface area contributed by atoms with Crippen LogP contribution in [0.4, 0.5) is 0 Å². The van der Waals surface area contributed by atoms with Crippen LogP contribution < -0.4 is 14.9 Å². The highest BCUT2D eigenvalue weighted by atomic mass is 79.9. The normalized spacial score (nSPS) is 10.9. The molecule has 0 atom stereocenters. The molecule has 172 valence electrons. The summed E-state index contributed by atoms with van der Waals surface area (Å²) < 4.78 is 12.1. The topological polar surface area (TPSA) is 85.7 Å². The van der Waals surface area contributed by atoms with Crippen molar-refractivity contribution in [1.82, 2.24) is 15.4 Å². The van der Waals surface area contributed by atoms with Crippen molar-refractivity contribution in [3.8, 4) is 11.5 Å². The number of carbonyl (C=O) groups excluding carboxylic acids is 1. The van der Waals surface area contributed by atoms with Gasteiger partial charge in [0.2, 0.25) is 0 Å². The van der Waals surface area contributed by atoms with Gasteiger partial charge in [-0.1, -0.05) is 41.6 Å². The highest BCUT2D eigenvalue weighted by molar-refractivity contribution is 9.10. The van der Waals surface area contributed by atoms with Crippen molar-refractivity contribution in [2.24, 2.45) is 5.10 Å². The second kappa shape index (κ2) is 12.0. The summed E-state index contributed by atoms with van der Waals surface area (Å²) >= 11 is 11.0. The summed E-state index contributed by atoms with van der Waals surface area (Å²) in [5.41, 5.74) is 5.82. The number of aryl methyl sites for hydroxylation is 2. The number of hydrazone groups is 1. The molecule has 0 radical (unpaired) electrons. The Morgan fingerprint density at radius 1 is 1.18 bits per heavy atom. The van der Waals surface area contributed by atoms with Crippen molar-refractivity contribution < 1.29 is 14.3 Å². The van der Waals surface area contributed by atoms with Gasteiger partial charge in [-0.3, -0.25) is 4.79 Å². The summed E-state index contributed by atoms with van der Waals surface area (Å²) in [4.78, 5) is 20.7. The maximum Gasteiger partial charge on any atom is 0.250 e. The van der Waals surface area contributed by atoms with Gasteiger partial charge < -0.3 is 9.47 Å². The highest BCUT2D eigenvalue weighted by Gasteiger charge is 2.11. The maximum atomic E-state index is 12.1. The number of nitrogens with one attached hydrogen (secondary N) is 1. The smallest absolute Gasteiger partial charge is 0.250 e. The number of rotatable bonds is 9. The maximum absolute atomic E-state index is 12.1. The minimum atomic E-state index is -0.262. The van der Waals surface area contributed by atoms with Crippen molar-refractivity contribution >= 4 is 51.4 Å². The van der Waals surface area contributed by atoms with Crippen LogP contribution in [0.15, 0.2) is 57.2 Å². The molecule has 0 aliphatic rings. The Balaban J connectivity index is 1.59. The van der Waals surface area contributed by atoms with E-state index in [1.54, 1.807) is 19.2 Å². The average Bonchev–Trinajstić information content (AvgIpc) is 2.77. The van der Waals surface area contributed by atoms with Crippen LogP contribution in [0.2, 0.25) is 5.02 Å². The Labute approximate surface area is 210 Å². The van der Waals surface area contributed by atoms with Crippen molar-refractivity contribution in [2.45, 2.75) is 25.6 Å². The first-order valence-corrected chi connectivity index (χ1v) is 12.0. The first-order chi connectivity index (χ1) is 15.9. The van der Waals surface area contributed by atoms with Gasteiger partial charge in [-0.25, -0.2) is 15.4 Å². The molecule has 0 aliphatic carbocycles. The average molecular weight is 550 g/mol. The first-order valence-electron chi connectivity index (χ1n) is 9.86. The minimum Gasteiger partial charge on any atom is -0.493 e. The van der Waals surface area contributed by atoms with E-state index < -0.39 is 0 Å². The summed E-state index contributed by atoms with van der Waals surface area (Å²) in [6.07, 6.45) is 1.53. The Morgan fingerprint density at radius 3 is 2.61 bits per heavy atom. The molecule has 10 heteroatoms. The number of thioether (sulfide) groups is 1. The molecule has 0 spiro atoms. The third-order valence-electron chi connectivity index (χ3n) is 4.31. The molecular weight excluding hydrogens is 528 g/mol. The molecule has 0 bridgehead atoms. The minimum absolute atomic E-state index is 0.152. The van der Waals surface area contributed by atoms with Crippen LogP contribution in [-0.2, 0) is 11.4 Å². The van der Waals surface area contributed by atoms with E-state index in [1.807, 2.05) is 44.2 Å². The van der Waals surface area contributed by atoms with E-state index in [4.69, 9.17) is 21.1 Å². The number of amides is 1. The lowest BCUT2D eigenvalue weighted by Crippen LogP contribution is -2.19. The molecule has 0 fully saturated rings. The molecule has 0 unspecified atom stereocenters. The first kappa shape index (κ1) is 25.0. The van der Waals surface area contributed by atoms with Crippen molar-refractivity contribution in [2.75, 3.05) is 12.9 Å². The fourth-order valence-corrected chi connectivity index (χ4v) is 4.14. The summed E-state index contributed by atoms with van der Waals surface area (Å²) in [6, 6.07) is 12.9. The molecule has 1 N–H and O–H groups in total. The Morgan fingerprint density at radius 2 is 1.91 bits per heavy atom. The van der Waals surface area contributed by atoms with Gasteiger partial charge >= 0.3 is 0 Å². The van der Waals surface area contributed by atoms with E-state index in [0.29, 0.717) is 33.8 Å². The zero-order valence-corrected chi connectivity index (χ0v) is 21.4. The van der Waals surface area contributed by atoms with Gasteiger partial charge in [-0.2, -0.15) is 5.10 Å². The fourth-order valence-electron chi connectivity index (χ4n) is 2.79. The SMILES string of the molecule is COc1cc(/C=N\NC(=O)CSc2nc(C)cc(C)n2)c(Br)cc1OCc1ccccc1Cl. The highest BCUT2D eigenvalue weighted by Crippen LogP contribution is 2.34. The fraction of sp³-hybridized carbons (Fsp3) is 0.217. The lowest BCUT2D eigenvalue weighted by molar-refractivity contribution is -0.118. The van der Waals surface area contributed by atoms with E-state index >= 15 is 0 Å². The molecule has 2 aromatic carbocycles. The molecular formula is C23H22BrClN4O3S. The molecule has 3 aromatic rings. The lowest BCUT2D eigenvalue weighted by Gasteiger charge is -2.13. The molecule has 1 amide bonds. The Bertz CT molecular complexity index is 1160. The molecule has 0 saturated carbocycles. The van der Waals surface area contributed by atoms with Gasteiger partial charge in [0, 0.05) is 32.0 Å². The third kappa shape index (κ3) is 7.45. The van der Waals surface area contributed by atoms with Crippen LogP contribution in [0.5, 0.6) is 11.5 Å². The number of halogens is 2. The molecule has 33 heavy (non-hydrogen) atoms. The van der Waals surface area contributed by atoms with Crippen molar-refractivity contribution in [1.29, 1.82) is 0 Å². The van der Waals surface area contributed by atoms with Gasteiger partial charge in [-0.15, -0.1) is 0 Å². The quantitative estimate of drug-likeness (QED) is 0.168. The van der Waals surface area contributed by atoms with Crippen LogP contribution in [0.3, 0.4) is 0 Å². The monoisotopic (exact) mass is 548 g/mol. The lowest BCUT2D eigenvalue weighted by atomic mass is 10.2. The van der Waals surface area contributed by atoms with Crippen LogP contribution in [-0.4, -0.2) is 35.0 Å². The van der Waals surface area contributed by atoms with Gasteiger partial charge in [-0.05, 0) is 54.0 Å². The van der Waals surface area contributed by atoms with Gasteiger partial charge in [0.1, 0.15) is 6.61 Å². The number of ether oxygens (including phenoxy) is 2. The zero-order chi connectivity index (χ0) is 23.8. The van der Waals surface area contributed by atoms with Gasteiger partial charge in [0.25, 0.3) is 5.91 Å². The number of carbonyl (C=O) groups is 1. The summed E-state index contributed by atoms with van der Waals surface area (Å²) in [6.45, 7) is 4.08. The predicted molar refractivity (Wildman–Crippen MR) is 134 cm³/mol. The van der Waals surface area contributed by atoms with Gasteiger partial charge in [0.05, 0.1) is 19.1 Å². The van der Waals surface area contributed by atoms with Crippen molar-refractivity contribution in [3.63, 3.8) is 0 Å². The molecule has 3 rings (SSSR count). The van der Waals surface area contributed by atoms with E-state index in [9.17, 15) is 4.79 Å². The molecule has 1 heterocycles. The number of benzene rings is 2. The van der Waals surface area contributed by atoms with Gasteiger partial charge in [0.15, 0.2) is 16.7 Å². The largest absolute Gasteiger partial charge is 0.493 e.